The van der Waals surface area contributed by atoms with Gasteiger partial charge in [-0.1, -0.05) is 31.2 Å². The van der Waals surface area contributed by atoms with E-state index in [4.69, 9.17) is 9.47 Å². The van der Waals surface area contributed by atoms with E-state index in [9.17, 15) is 38.1 Å². The minimum Gasteiger partial charge on any atom is -0.444 e. The van der Waals surface area contributed by atoms with E-state index in [-0.39, 0.29) is 46.7 Å². The fourth-order valence-electron chi connectivity index (χ4n) is 9.52. The van der Waals surface area contributed by atoms with Crippen LogP contribution in [0.1, 0.15) is 98.1 Å². The first kappa shape index (κ1) is 61.0. The van der Waals surface area contributed by atoms with E-state index >= 15 is 0 Å². The Morgan fingerprint density at radius 1 is 0.704 bits per heavy atom. The van der Waals surface area contributed by atoms with Gasteiger partial charge in [0.15, 0.2) is 0 Å². The van der Waals surface area contributed by atoms with Crippen molar-refractivity contribution in [3.63, 3.8) is 0 Å². The average Bonchev–Trinajstić information content (AvgIpc) is 3.44. The lowest BCUT2D eigenvalue weighted by atomic mass is 9.94. The van der Waals surface area contributed by atoms with Crippen LogP contribution in [0.2, 0.25) is 0 Å². The number of anilines is 3. The number of fused-ring (bicyclic) bond motifs is 2. The van der Waals surface area contributed by atoms with Crippen molar-refractivity contribution >= 4 is 78.0 Å². The first-order valence-corrected chi connectivity index (χ1v) is 29.2. The number of carbonyl (C=O) groups excluding carboxylic acids is 2. The third kappa shape index (κ3) is 15.2. The van der Waals surface area contributed by atoms with Crippen molar-refractivity contribution in [1.82, 2.24) is 43.2 Å². The van der Waals surface area contributed by atoms with Crippen LogP contribution in [-0.2, 0) is 33.8 Å². The summed E-state index contributed by atoms with van der Waals surface area (Å²) in [6.45, 7) is 17.2. The number of hydrogen-bond acceptors (Lipinski definition) is 16. The molecule has 0 saturated carbocycles. The highest BCUT2D eigenvalue weighted by Crippen LogP contribution is 2.32. The molecule has 0 bridgehead atoms. The number of benzene rings is 2. The topological polar surface area (TPSA) is 276 Å². The van der Waals surface area contributed by atoms with Gasteiger partial charge >= 0.3 is 22.4 Å². The molecule has 2 fully saturated rings. The number of ether oxygens (including phenoxy) is 2. The summed E-state index contributed by atoms with van der Waals surface area (Å²) < 4.78 is 43.3. The highest BCUT2D eigenvalue weighted by Gasteiger charge is 2.29. The van der Waals surface area contributed by atoms with Crippen molar-refractivity contribution in [1.29, 1.82) is 10.5 Å². The summed E-state index contributed by atoms with van der Waals surface area (Å²) in [6.07, 6.45) is 8.24. The van der Waals surface area contributed by atoms with Gasteiger partial charge < -0.3 is 29.9 Å². The molecule has 81 heavy (non-hydrogen) atoms. The fraction of sp³-hybridized carbons (Fsp3) is 0.474. The molecule has 2 amide bonds. The van der Waals surface area contributed by atoms with E-state index in [0.717, 1.165) is 42.8 Å². The minimum atomic E-state index is -3.88. The summed E-state index contributed by atoms with van der Waals surface area (Å²) in [6, 6.07) is 17.6. The Labute approximate surface area is 480 Å². The van der Waals surface area contributed by atoms with Crippen molar-refractivity contribution in [2.24, 2.45) is 25.9 Å². The van der Waals surface area contributed by atoms with E-state index in [1.165, 1.54) is 22.2 Å². The van der Waals surface area contributed by atoms with Crippen LogP contribution in [0.5, 0.6) is 0 Å². The lowest BCUT2D eigenvalue weighted by molar-refractivity contribution is 0.0172. The second kappa shape index (κ2) is 25.8. The molecule has 0 unspecified atom stereocenters. The molecule has 6 heterocycles. The summed E-state index contributed by atoms with van der Waals surface area (Å²) in [5.74, 6) is 1.80. The molecule has 24 heteroatoms. The van der Waals surface area contributed by atoms with Gasteiger partial charge in [-0.05, 0) is 132 Å². The number of aryl methyl sites for hydroxylation is 2. The van der Waals surface area contributed by atoms with Crippen molar-refractivity contribution in [2.75, 3.05) is 68.2 Å². The number of nitrogens with zero attached hydrogens (tertiary/aromatic N) is 11. The molecule has 2 saturated heterocycles. The molecule has 22 nitrogen and oxygen atoms in total. The molecule has 6 aromatic rings. The second-order valence-electron chi connectivity index (χ2n) is 22.2. The summed E-state index contributed by atoms with van der Waals surface area (Å²) in [5, 5.41) is 27.4. The maximum Gasteiger partial charge on any atom is 0.410 e. The van der Waals surface area contributed by atoms with Gasteiger partial charge in [-0.3, -0.25) is 23.4 Å². The number of rotatable bonds is 14. The van der Waals surface area contributed by atoms with Crippen LogP contribution in [0.25, 0.3) is 44.3 Å². The van der Waals surface area contributed by atoms with Crippen molar-refractivity contribution < 1.29 is 27.5 Å². The van der Waals surface area contributed by atoms with E-state index < -0.39 is 21.4 Å². The molecule has 2 aliphatic rings. The Balaban J connectivity index is 0.000000237. The zero-order chi connectivity index (χ0) is 59.0. The summed E-state index contributed by atoms with van der Waals surface area (Å²) >= 11 is 3.39. The van der Waals surface area contributed by atoms with Gasteiger partial charge in [-0.15, -0.1) is 0 Å². The molecule has 3 N–H and O–H groups in total. The highest BCUT2D eigenvalue weighted by molar-refractivity contribution is 9.10. The average molecular weight is 1190 g/mol. The van der Waals surface area contributed by atoms with Gasteiger partial charge in [-0.25, -0.2) is 19.6 Å². The molecular formula is C57H71BrN14O8S. The Bertz CT molecular complexity index is 3620. The predicted octanol–water partition coefficient (Wildman–Crippen LogP) is 9.00. The molecule has 2 aliphatic heterocycles. The quantitative estimate of drug-likeness (QED) is 0.0917. The molecule has 0 radical (unpaired) electrons. The molecule has 4 aromatic heterocycles. The van der Waals surface area contributed by atoms with Crippen LogP contribution in [0.15, 0.2) is 75.0 Å². The molecule has 0 atom stereocenters. The first-order valence-electron chi connectivity index (χ1n) is 26.9. The smallest absolute Gasteiger partial charge is 0.410 e. The SMILES string of the molecule is CCN(C)S(=O)(=O)Nc1cccc(-c2cc3cnc(NCCC4CCN(C(=O)OC(C)(C)C)CC4)nc3n(C)c2=O)c1C#N.Cn1c(=O)c(-c2cccc(Br)c2C#N)cc2cnc(NCCC3CCN(C(=O)OC(C)(C)C)CC3)nc21. The minimum absolute atomic E-state index is 0.0353. The molecule has 430 valence electrons. The number of aromatic nitrogens is 6. The third-order valence-electron chi connectivity index (χ3n) is 14.1. The Hall–Kier alpha value is -7.67. The number of nitrogens with one attached hydrogen (secondary N) is 3. The maximum atomic E-state index is 13.5. The Kier molecular flexibility index (Phi) is 19.5. The van der Waals surface area contributed by atoms with Crippen LogP contribution >= 0.6 is 15.9 Å². The van der Waals surface area contributed by atoms with Crippen LogP contribution in [-0.4, -0.2) is 128 Å². The number of nitriles is 2. The first-order chi connectivity index (χ1) is 38.3. The van der Waals surface area contributed by atoms with E-state index in [1.807, 2.05) is 41.5 Å². The van der Waals surface area contributed by atoms with Gasteiger partial charge in [-0.2, -0.15) is 33.2 Å². The number of hydrogen-bond donors (Lipinski definition) is 3. The second-order valence-corrected chi connectivity index (χ2v) is 24.8. The largest absolute Gasteiger partial charge is 0.444 e. The number of amides is 2. The lowest BCUT2D eigenvalue weighted by Crippen LogP contribution is -2.41. The monoisotopic (exact) mass is 1190 g/mol. The van der Waals surface area contributed by atoms with Gasteiger partial charge in [0.25, 0.3) is 11.1 Å². The number of pyridine rings is 2. The van der Waals surface area contributed by atoms with Crippen LogP contribution in [0, 0.1) is 34.5 Å². The molecular weight excluding hydrogens is 1120 g/mol. The van der Waals surface area contributed by atoms with Crippen LogP contribution < -0.4 is 26.5 Å². The van der Waals surface area contributed by atoms with Crippen molar-refractivity contribution in [3.8, 4) is 34.4 Å². The van der Waals surface area contributed by atoms with Gasteiger partial charge in [0, 0.05) is 117 Å². The lowest BCUT2D eigenvalue weighted by Gasteiger charge is -2.33. The molecule has 0 spiro atoms. The van der Waals surface area contributed by atoms with Crippen LogP contribution in [0.4, 0.5) is 27.2 Å². The summed E-state index contributed by atoms with van der Waals surface area (Å²) in [5.41, 5.74) is 1.37. The van der Waals surface area contributed by atoms with Crippen molar-refractivity contribution in [2.45, 2.75) is 98.2 Å². The maximum absolute atomic E-state index is 13.5. The summed E-state index contributed by atoms with van der Waals surface area (Å²) in [7, 11) is 0.819. The number of likely N-dealkylation sites (tertiary alicyclic amines) is 2. The van der Waals surface area contributed by atoms with Gasteiger partial charge in [0.2, 0.25) is 11.9 Å². The van der Waals surface area contributed by atoms with E-state index in [2.05, 4.69) is 63.4 Å². The van der Waals surface area contributed by atoms with E-state index in [1.54, 1.807) is 85.7 Å². The van der Waals surface area contributed by atoms with Crippen molar-refractivity contribution in [3.05, 3.63) is 97.2 Å². The van der Waals surface area contributed by atoms with Crippen LogP contribution in [0.3, 0.4) is 0 Å². The van der Waals surface area contributed by atoms with E-state index in [0.29, 0.717) is 112 Å². The third-order valence-corrected chi connectivity index (χ3v) is 16.3. The molecule has 2 aromatic carbocycles. The van der Waals surface area contributed by atoms with Gasteiger partial charge in [0.05, 0.1) is 16.8 Å². The normalized spacial score (nSPS) is 14.4. The zero-order valence-electron chi connectivity index (χ0n) is 47.6. The highest BCUT2D eigenvalue weighted by atomic mass is 79.9. The molecule has 8 rings (SSSR count). The number of carbonyl (C=O) groups is 2. The number of halogens is 1. The zero-order valence-corrected chi connectivity index (χ0v) is 50.0. The summed E-state index contributed by atoms with van der Waals surface area (Å²) in [4.78, 5) is 72.8. The van der Waals surface area contributed by atoms with Gasteiger partial charge in [0.1, 0.15) is 34.6 Å². The fourth-order valence-corrected chi connectivity index (χ4v) is 10.9. The Morgan fingerprint density at radius 3 is 1.53 bits per heavy atom. The predicted molar refractivity (Wildman–Crippen MR) is 316 cm³/mol. The number of piperidine rings is 2. The standard InChI is InChI=1S/C30H40N8O5S.C27H31BrN6O3/c1-7-36(5)44(41,42)35-25-10-8-9-22(24(25)18-31)23-17-21-19-33-28(34-26(21)37(6)27(23)39)32-14-11-20-12-15-38(16-13-20)29(40)43-30(2,3)4;1-27(2,3)37-26(36)34-12-9-17(10-13-34)8-11-30-25-31-16-18-14-20(24(35)33(4)23(18)32-25)19-6-5-7-22(28)21(19)15-29/h8-10,17,19-20,35H,7,11-16H2,1-6H3,(H,32,33,34);5-7,14,16-17H,8-13H2,1-4H3,(H,30,31,32). The Morgan fingerprint density at radius 2 is 1.12 bits per heavy atom. The molecule has 0 aliphatic carbocycles.